The number of para-hydroxylation sites is 1. The molecule has 1 N–H and O–H groups in total. The maximum absolute atomic E-state index is 12.6. The maximum Gasteiger partial charge on any atom is 0.274 e. The van der Waals surface area contributed by atoms with Gasteiger partial charge in [0.25, 0.3) is 5.69 Å². The molecule has 1 spiro atoms. The minimum absolute atomic E-state index is 0. The average molecular weight is 340 g/mol. The van der Waals surface area contributed by atoms with E-state index in [2.05, 4.69) is 5.32 Å². The van der Waals surface area contributed by atoms with Crippen LogP contribution in [0, 0.1) is 21.4 Å². The summed E-state index contributed by atoms with van der Waals surface area (Å²) in [5, 5.41) is 14.4. The molecule has 7 heteroatoms. The summed E-state index contributed by atoms with van der Waals surface area (Å²) >= 11 is 0. The smallest absolute Gasteiger partial charge is 0.274 e. The molecule has 1 saturated carbocycles. The lowest BCUT2D eigenvalue weighted by atomic mass is 9.91. The van der Waals surface area contributed by atoms with Crippen LogP contribution in [-0.4, -0.2) is 35.9 Å². The Balaban J connectivity index is 0.00000192. The van der Waals surface area contributed by atoms with Crippen LogP contribution in [0.25, 0.3) is 0 Å². The van der Waals surface area contributed by atoms with Crippen LogP contribution in [0.5, 0.6) is 0 Å². The van der Waals surface area contributed by atoms with Gasteiger partial charge >= 0.3 is 0 Å². The van der Waals surface area contributed by atoms with Crippen molar-refractivity contribution in [2.24, 2.45) is 11.3 Å². The molecule has 1 unspecified atom stereocenters. The topological polar surface area (TPSA) is 75.5 Å². The van der Waals surface area contributed by atoms with Crippen LogP contribution >= 0.6 is 12.4 Å². The van der Waals surface area contributed by atoms with Crippen molar-refractivity contribution in [3.8, 4) is 0 Å². The van der Waals surface area contributed by atoms with E-state index in [9.17, 15) is 14.9 Å². The Bertz CT molecular complexity index is 602. The number of carbonyl (C=O) groups is 1. The number of amides is 1. The molecule has 2 fully saturated rings. The molecule has 0 bridgehead atoms. The van der Waals surface area contributed by atoms with E-state index in [1.54, 1.807) is 30.1 Å². The SMILES string of the molecule is CN(Cc1ccccc1[N+](=O)[O-])C(=O)C1CC12CCNCC2.Cl. The summed E-state index contributed by atoms with van der Waals surface area (Å²) < 4.78 is 0. The minimum atomic E-state index is -0.390. The quantitative estimate of drug-likeness (QED) is 0.675. The highest BCUT2D eigenvalue weighted by Gasteiger charge is 2.58. The van der Waals surface area contributed by atoms with E-state index in [-0.39, 0.29) is 40.3 Å². The van der Waals surface area contributed by atoms with Crippen molar-refractivity contribution in [2.45, 2.75) is 25.8 Å². The number of nitrogens with zero attached hydrogens (tertiary/aromatic N) is 2. The van der Waals surface area contributed by atoms with Gasteiger partial charge in [-0.3, -0.25) is 14.9 Å². The summed E-state index contributed by atoms with van der Waals surface area (Å²) in [7, 11) is 1.74. The van der Waals surface area contributed by atoms with Crippen molar-refractivity contribution in [3.63, 3.8) is 0 Å². The fourth-order valence-electron chi connectivity index (χ4n) is 3.60. The van der Waals surface area contributed by atoms with Gasteiger partial charge in [-0.15, -0.1) is 12.4 Å². The van der Waals surface area contributed by atoms with E-state index in [1.807, 2.05) is 0 Å². The van der Waals surface area contributed by atoms with Crippen molar-refractivity contribution < 1.29 is 9.72 Å². The van der Waals surface area contributed by atoms with Crippen LogP contribution in [-0.2, 0) is 11.3 Å². The monoisotopic (exact) mass is 339 g/mol. The van der Waals surface area contributed by atoms with Gasteiger partial charge in [0.2, 0.25) is 5.91 Å². The van der Waals surface area contributed by atoms with Gasteiger partial charge in [-0.05, 0) is 37.8 Å². The predicted molar refractivity (Wildman–Crippen MR) is 89.5 cm³/mol. The number of nitro benzene ring substituents is 1. The zero-order chi connectivity index (χ0) is 15.7. The second kappa shape index (κ2) is 6.84. The molecule has 1 heterocycles. The largest absolute Gasteiger partial charge is 0.341 e. The van der Waals surface area contributed by atoms with Crippen molar-refractivity contribution >= 4 is 24.0 Å². The first-order chi connectivity index (χ1) is 10.5. The molecule has 2 aliphatic rings. The van der Waals surface area contributed by atoms with Gasteiger partial charge in [0.1, 0.15) is 0 Å². The van der Waals surface area contributed by atoms with E-state index < -0.39 is 0 Å². The average Bonchev–Trinajstić information content (AvgIpc) is 3.20. The van der Waals surface area contributed by atoms with E-state index in [0.717, 1.165) is 32.4 Å². The number of hydrogen-bond donors (Lipinski definition) is 1. The van der Waals surface area contributed by atoms with Crippen LogP contribution in [0.1, 0.15) is 24.8 Å². The molecule has 1 aliphatic carbocycles. The lowest BCUT2D eigenvalue weighted by Crippen LogP contribution is -2.34. The lowest BCUT2D eigenvalue weighted by molar-refractivity contribution is -0.385. The molecule has 1 aromatic carbocycles. The summed E-state index contributed by atoms with van der Waals surface area (Å²) in [4.78, 5) is 24.9. The van der Waals surface area contributed by atoms with Crippen LogP contribution in [0.4, 0.5) is 5.69 Å². The molecule has 1 amide bonds. The van der Waals surface area contributed by atoms with Crippen molar-refractivity contribution in [1.29, 1.82) is 0 Å². The fourth-order valence-corrected chi connectivity index (χ4v) is 3.60. The Morgan fingerprint density at radius 3 is 2.70 bits per heavy atom. The van der Waals surface area contributed by atoms with E-state index in [1.165, 1.54) is 6.07 Å². The molecule has 1 atom stereocenters. The van der Waals surface area contributed by atoms with Gasteiger partial charge < -0.3 is 10.2 Å². The second-order valence-corrected chi connectivity index (χ2v) is 6.45. The fraction of sp³-hybridized carbons (Fsp3) is 0.562. The number of piperidine rings is 1. The first-order valence-corrected chi connectivity index (χ1v) is 7.71. The number of nitrogens with one attached hydrogen (secondary N) is 1. The first kappa shape index (κ1) is 17.7. The van der Waals surface area contributed by atoms with E-state index in [4.69, 9.17) is 0 Å². The molecule has 0 radical (unpaired) electrons. The Labute approximate surface area is 141 Å². The van der Waals surface area contributed by atoms with Crippen LogP contribution in [0.3, 0.4) is 0 Å². The number of rotatable bonds is 4. The van der Waals surface area contributed by atoms with Crippen molar-refractivity contribution in [2.75, 3.05) is 20.1 Å². The molecular formula is C16H22ClN3O3. The third kappa shape index (κ3) is 3.48. The maximum atomic E-state index is 12.6. The van der Waals surface area contributed by atoms with Gasteiger partial charge in [0, 0.05) is 24.6 Å². The highest BCUT2D eigenvalue weighted by atomic mass is 35.5. The lowest BCUT2D eigenvalue weighted by Gasteiger charge is -2.25. The Hall–Kier alpha value is -1.66. The third-order valence-corrected chi connectivity index (χ3v) is 5.06. The molecule has 23 heavy (non-hydrogen) atoms. The van der Waals surface area contributed by atoms with Gasteiger partial charge in [0.15, 0.2) is 0 Å². The van der Waals surface area contributed by atoms with Gasteiger partial charge in [0.05, 0.1) is 11.5 Å². The summed E-state index contributed by atoms with van der Waals surface area (Å²) in [6.45, 7) is 2.26. The Morgan fingerprint density at radius 2 is 2.04 bits per heavy atom. The molecule has 1 aliphatic heterocycles. The molecule has 3 rings (SSSR count). The van der Waals surface area contributed by atoms with Crippen molar-refractivity contribution in [1.82, 2.24) is 10.2 Å². The van der Waals surface area contributed by atoms with E-state index in [0.29, 0.717) is 12.1 Å². The highest BCUT2D eigenvalue weighted by molar-refractivity contribution is 5.85. The number of halogens is 1. The van der Waals surface area contributed by atoms with Gasteiger partial charge in [-0.1, -0.05) is 18.2 Å². The summed E-state index contributed by atoms with van der Waals surface area (Å²) in [6.07, 6.45) is 3.08. The molecule has 126 valence electrons. The molecular weight excluding hydrogens is 318 g/mol. The van der Waals surface area contributed by atoms with Gasteiger partial charge in [-0.2, -0.15) is 0 Å². The molecule has 0 aromatic heterocycles. The summed E-state index contributed by atoms with van der Waals surface area (Å²) in [6, 6.07) is 6.62. The van der Waals surface area contributed by atoms with Gasteiger partial charge in [-0.25, -0.2) is 0 Å². The van der Waals surface area contributed by atoms with E-state index >= 15 is 0 Å². The Kier molecular flexibility index (Phi) is 5.26. The third-order valence-electron chi connectivity index (χ3n) is 5.06. The number of hydrogen-bond acceptors (Lipinski definition) is 4. The van der Waals surface area contributed by atoms with Crippen LogP contribution < -0.4 is 5.32 Å². The number of benzene rings is 1. The normalized spacial score (nSPS) is 21.3. The molecule has 1 saturated heterocycles. The standard InChI is InChI=1S/C16H21N3O3.ClH/c1-18(11-12-4-2-3-5-14(12)19(21)22)15(20)13-10-16(13)6-8-17-9-7-16;/h2-5,13,17H,6-11H2,1H3;1H. The van der Waals surface area contributed by atoms with Crippen molar-refractivity contribution in [3.05, 3.63) is 39.9 Å². The minimum Gasteiger partial charge on any atom is -0.341 e. The van der Waals surface area contributed by atoms with Crippen LogP contribution in [0.2, 0.25) is 0 Å². The van der Waals surface area contributed by atoms with Crippen LogP contribution in [0.15, 0.2) is 24.3 Å². The summed E-state index contributed by atoms with van der Waals surface area (Å²) in [5.74, 6) is 0.224. The molecule has 6 nitrogen and oxygen atoms in total. The number of nitro groups is 1. The molecule has 1 aromatic rings. The highest BCUT2D eigenvalue weighted by Crippen LogP contribution is 2.59. The second-order valence-electron chi connectivity index (χ2n) is 6.45. The first-order valence-electron chi connectivity index (χ1n) is 7.71. The summed E-state index contributed by atoms with van der Waals surface area (Å²) in [5.41, 5.74) is 0.858. The number of carbonyl (C=O) groups excluding carboxylic acids is 1. The zero-order valence-electron chi connectivity index (χ0n) is 13.2. The predicted octanol–water partition coefficient (Wildman–Crippen LogP) is 2.36. The zero-order valence-corrected chi connectivity index (χ0v) is 14.0. The Morgan fingerprint density at radius 1 is 1.39 bits per heavy atom.